The predicted octanol–water partition coefficient (Wildman–Crippen LogP) is 3.25. The molecule has 136 valence electrons. The third kappa shape index (κ3) is 4.20. The fraction of sp³-hybridized carbons (Fsp3) is 0.167. The Labute approximate surface area is 151 Å². The molecule has 0 atom stereocenters. The van der Waals surface area contributed by atoms with Crippen molar-refractivity contribution in [1.29, 1.82) is 0 Å². The second-order valence-corrected chi connectivity index (χ2v) is 7.51. The zero-order chi connectivity index (χ0) is 18.7. The number of rotatable bonds is 6. The zero-order valence-corrected chi connectivity index (χ0v) is 15.1. The van der Waals surface area contributed by atoms with Crippen LogP contribution in [-0.2, 0) is 23.7 Å². The van der Waals surface area contributed by atoms with E-state index in [1.807, 2.05) is 6.92 Å². The molecule has 0 aliphatic rings. The molecule has 0 amide bonds. The van der Waals surface area contributed by atoms with E-state index >= 15 is 0 Å². The highest BCUT2D eigenvalue weighted by molar-refractivity contribution is 7.92. The van der Waals surface area contributed by atoms with Gasteiger partial charge in [0.1, 0.15) is 18.2 Å². The van der Waals surface area contributed by atoms with Crippen LogP contribution in [0.15, 0.2) is 59.6 Å². The summed E-state index contributed by atoms with van der Waals surface area (Å²) in [6, 6.07) is 11.8. The van der Waals surface area contributed by atoms with E-state index in [1.54, 1.807) is 36.1 Å². The van der Waals surface area contributed by atoms with E-state index in [4.69, 9.17) is 4.74 Å². The number of halogens is 1. The minimum atomic E-state index is -3.86. The number of nitrogens with zero attached hydrogens (tertiary/aromatic N) is 2. The van der Waals surface area contributed by atoms with Gasteiger partial charge in [-0.25, -0.2) is 12.8 Å². The van der Waals surface area contributed by atoms with Crippen LogP contribution in [0.4, 0.5) is 10.1 Å². The molecule has 3 aromatic rings. The molecule has 26 heavy (non-hydrogen) atoms. The van der Waals surface area contributed by atoms with Crippen molar-refractivity contribution in [1.82, 2.24) is 9.78 Å². The lowest BCUT2D eigenvalue weighted by atomic mass is 10.2. The molecule has 8 heteroatoms. The molecule has 0 fully saturated rings. The summed E-state index contributed by atoms with van der Waals surface area (Å²) in [5.74, 6) is -0.357. The maximum absolute atomic E-state index is 13.6. The van der Waals surface area contributed by atoms with Crippen LogP contribution in [0.25, 0.3) is 0 Å². The van der Waals surface area contributed by atoms with Crippen LogP contribution in [0.1, 0.15) is 11.3 Å². The summed E-state index contributed by atoms with van der Waals surface area (Å²) in [4.78, 5) is 0.0861. The Balaban J connectivity index is 1.84. The summed E-state index contributed by atoms with van der Waals surface area (Å²) in [5, 5.41) is 4.18. The molecule has 0 spiro atoms. The highest BCUT2D eigenvalue weighted by Gasteiger charge is 2.17. The monoisotopic (exact) mass is 375 g/mol. The molecule has 6 nitrogen and oxygen atoms in total. The summed E-state index contributed by atoms with van der Waals surface area (Å²) in [5.41, 5.74) is 1.64. The van der Waals surface area contributed by atoms with Gasteiger partial charge in [0.2, 0.25) is 0 Å². The van der Waals surface area contributed by atoms with Gasteiger partial charge in [0.15, 0.2) is 0 Å². The van der Waals surface area contributed by atoms with Crippen LogP contribution >= 0.6 is 0 Å². The zero-order valence-electron chi connectivity index (χ0n) is 14.3. The molecule has 0 bridgehead atoms. The highest BCUT2D eigenvalue weighted by Crippen LogP contribution is 2.28. The Hall–Kier alpha value is -2.87. The molecule has 1 aromatic heterocycles. The maximum Gasteiger partial charge on any atom is 0.262 e. The van der Waals surface area contributed by atoms with Gasteiger partial charge in [0.05, 0.1) is 16.3 Å². The molecule has 0 aliphatic carbocycles. The van der Waals surface area contributed by atoms with Crippen molar-refractivity contribution < 1.29 is 17.5 Å². The van der Waals surface area contributed by atoms with Gasteiger partial charge in [-0.15, -0.1) is 0 Å². The summed E-state index contributed by atoms with van der Waals surface area (Å²) in [6.07, 6.45) is 1.77. The molecule has 0 unspecified atom stereocenters. The van der Waals surface area contributed by atoms with Crippen molar-refractivity contribution in [2.75, 3.05) is 4.72 Å². The van der Waals surface area contributed by atoms with Gasteiger partial charge in [-0.2, -0.15) is 5.10 Å². The SMILES string of the molecule is Cc1ccc(S(=O)(=O)Nc2cc(F)ccc2OCc2ccn(C)n2)cc1. The summed E-state index contributed by atoms with van der Waals surface area (Å²) >= 11 is 0. The first-order valence-electron chi connectivity index (χ1n) is 7.84. The third-order valence-corrected chi connectivity index (χ3v) is 5.04. The molecule has 1 heterocycles. The van der Waals surface area contributed by atoms with Crippen molar-refractivity contribution >= 4 is 15.7 Å². The second kappa shape index (κ2) is 7.17. The molecular weight excluding hydrogens is 357 g/mol. The van der Waals surface area contributed by atoms with Gasteiger partial charge in [-0.1, -0.05) is 17.7 Å². The Morgan fingerprint density at radius 2 is 1.88 bits per heavy atom. The van der Waals surface area contributed by atoms with E-state index in [2.05, 4.69) is 9.82 Å². The normalized spacial score (nSPS) is 11.3. The number of hydrogen-bond donors (Lipinski definition) is 1. The summed E-state index contributed by atoms with van der Waals surface area (Å²) < 4.78 is 48.4. The standard InChI is InChI=1S/C18H18FN3O3S/c1-13-3-6-16(7-4-13)26(23,24)21-17-11-14(19)5-8-18(17)25-12-15-9-10-22(2)20-15/h3-11,21H,12H2,1-2H3. The Bertz CT molecular complexity index is 1010. The van der Waals surface area contributed by atoms with Gasteiger partial charge >= 0.3 is 0 Å². The fourth-order valence-electron chi connectivity index (χ4n) is 2.32. The van der Waals surface area contributed by atoms with Crippen molar-refractivity contribution in [2.24, 2.45) is 7.05 Å². The topological polar surface area (TPSA) is 73.2 Å². The Morgan fingerprint density at radius 3 is 2.54 bits per heavy atom. The molecule has 1 N–H and O–H groups in total. The predicted molar refractivity (Wildman–Crippen MR) is 95.9 cm³/mol. The number of hydrogen-bond acceptors (Lipinski definition) is 4. The van der Waals surface area contributed by atoms with E-state index in [-0.39, 0.29) is 22.9 Å². The van der Waals surface area contributed by atoms with Crippen LogP contribution in [-0.4, -0.2) is 18.2 Å². The van der Waals surface area contributed by atoms with Gasteiger partial charge in [0.25, 0.3) is 10.0 Å². The molecular formula is C18H18FN3O3S. The van der Waals surface area contributed by atoms with E-state index in [1.165, 1.54) is 24.3 Å². The fourth-order valence-corrected chi connectivity index (χ4v) is 3.38. The van der Waals surface area contributed by atoms with Gasteiger partial charge < -0.3 is 4.74 Å². The lowest BCUT2D eigenvalue weighted by molar-refractivity contribution is 0.301. The first-order chi connectivity index (χ1) is 12.3. The number of aryl methyl sites for hydroxylation is 2. The van der Waals surface area contributed by atoms with Gasteiger partial charge in [0, 0.05) is 19.3 Å². The molecule has 0 saturated carbocycles. The molecule has 0 aliphatic heterocycles. The molecule has 0 saturated heterocycles. The van der Waals surface area contributed by atoms with Crippen LogP contribution in [0, 0.1) is 12.7 Å². The quantitative estimate of drug-likeness (QED) is 0.718. The lowest BCUT2D eigenvalue weighted by Crippen LogP contribution is -2.14. The van der Waals surface area contributed by atoms with E-state index in [0.717, 1.165) is 11.6 Å². The van der Waals surface area contributed by atoms with E-state index in [0.29, 0.717) is 5.69 Å². The third-order valence-electron chi connectivity index (χ3n) is 3.66. The largest absolute Gasteiger partial charge is 0.485 e. The number of sulfonamides is 1. The minimum Gasteiger partial charge on any atom is -0.485 e. The van der Waals surface area contributed by atoms with E-state index < -0.39 is 15.8 Å². The first-order valence-corrected chi connectivity index (χ1v) is 9.32. The van der Waals surface area contributed by atoms with Crippen LogP contribution in [0.2, 0.25) is 0 Å². The minimum absolute atomic E-state index is 0.0292. The molecule has 3 rings (SSSR count). The second-order valence-electron chi connectivity index (χ2n) is 5.83. The summed E-state index contributed by atoms with van der Waals surface area (Å²) in [7, 11) is -2.08. The van der Waals surface area contributed by atoms with Crippen molar-refractivity contribution in [2.45, 2.75) is 18.4 Å². The van der Waals surface area contributed by atoms with Crippen LogP contribution < -0.4 is 9.46 Å². The average Bonchev–Trinajstić information content (AvgIpc) is 2.99. The van der Waals surface area contributed by atoms with E-state index in [9.17, 15) is 12.8 Å². The van der Waals surface area contributed by atoms with Crippen molar-refractivity contribution in [3.05, 3.63) is 71.8 Å². The Morgan fingerprint density at radius 1 is 1.15 bits per heavy atom. The number of nitrogens with one attached hydrogen (secondary N) is 1. The van der Waals surface area contributed by atoms with Gasteiger partial charge in [-0.3, -0.25) is 9.40 Å². The number of ether oxygens (including phenoxy) is 1. The highest BCUT2D eigenvalue weighted by atomic mass is 32.2. The van der Waals surface area contributed by atoms with Crippen LogP contribution in [0.5, 0.6) is 5.75 Å². The van der Waals surface area contributed by atoms with Crippen molar-refractivity contribution in [3.63, 3.8) is 0 Å². The summed E-state index contributed by atoms with van der Waals surface area (Å²) in [6.45, 7) is 1.99. The maximum atomic E-state index is 13.6. The van der Waals surface area contributed by atoms with Gasteiger partial charge in [-0.05, 0) is 37.3 Å². The average molecular weight is 375 g/mol. The van der Waals surface area contributed by atoms with Crippen LogP contribution in [0.3, 0.4) is 0 Å². The molecule has 2 aromatic carbocycles. The number of aromatic nitrogens is 2. The first kappa shape index (κ1) is 17.9. The molecule has 0 radical (unpaired) electrons. The number of benzene rings is 2. The smallest absolute Gasteiger partial charge is 0.262 e. The Kier molecular flexibility index (Phi) is 4.94. The number of anilines is 1. The lowest BCUT2D eigenvalue weighted by Gasteiger charge is -2.13. The van der Waals surface area contributed by atoms with Crippen molar-refractivity contribution in [3.8, 4) is 5.75 Å².